The molecule has 0 unspecified atom stereocenters. The van der Waals surface area contributed by atoms with Gasteiger partial charge in [0.2, 0.25) is 0 Å². The first-order chi connectivity index (χ1) is 11.2. The molecule has 0 aliphatic heterocycles. The van der Waals surface area contributed by atoms with Crippen LogP contribution in [0, 0.1) is 0 Å². The number of amides is 1. The van der Waals surface area contributed by atoms with Crippen LogP contribution in [0.3, 0.4) is 0 Å². The first kappa shape index (κ1) is 15.1. The molecular weight excluding hydrogens is 308 g/mol. The normalized spacial score (nSPS) is 10.1. The van der Waals surface area contributed by atoms with Crippen molar-refractivity contribution in [2.75, 3.05) is 5.43 Å². The predicted octanol–water partition coefficient (Wildman–Crippen LogP) is 4.76. The van der Waals surface area contributed by atoms with Crippen LogP contribution in [-0.2, 0) is 0 Å². The second-order valence-corrected chi connectivity index (χ2v) is 5.41. The zero-order valence-electron chi connectivity index (χ0n) is 12.3. The maximum atomic E-state index is 12.4. The van der Waals surface area contributed by atoms with Crippen LogP contribution in [0.25, 0.3) is 11.1 Å². The number of halogens is 1. The Balaban J connectivity index is 1.80. The van der Waals surface area contributed by atoms with E-state index in [9.17, 15) is 4.79 Å². The van der Waals surface area contributed by atoms with Gasteiger partial charge in [-0.1, -0.05) is 66.2 Å². The van der Waals surface area contributed by atoms with Gasteiger partial charge in [0.25, 0.3) is 5.91 Å². The van der Waals surface area contributed by atoms with Crippen LogP contribution in [0.5, 0.6) is 0 Å². The van der Waals surface area contributed by atoms with Gasteiger partial charge in [0.15, 0.2) is 0 Å². The van der Waals surface area contributed by atoms with Crippen LogP contribution in [0.4, 0.5) is 5.69 Å². The molecule has 114 valence electrons. The maximum Gasteiger partial charge on any atom is 0.271 e. The van der Waals surface area contributed by atoms with Crippen LogP contribution in [-0.4, -0.2) is 5.91 Å². The van der Waals surface area contributed by atoms with Crippen molar-refractivity contribution in [3.05, 3.63) is 89.4 Å². The number of carbonyl (C=O) groups is 1. The summed E-state index contributed by atoms with van der Waals surface area (Å²) in [4.78, 5) is 12.4. The number of anilines is 1. The van der Waals surface area contributed by atoms with Gasteiger partial charge in [0.1, 0.15) is 0 Å². The molecule has 4 heteroatoms. The molecule has 0 saturated carbocycles. The second kappa shape index (κ2) is 6.99. The number of para-hydroxylation sites is 1. The summed E-state index contributed by atoms with van der Waals surface area (Å²) in [5.74, 6) is -0.281. The average molecular weight is 323 g/mol. The number of nitrogens with one attached hydrogen (secondary N) is 2. The SMILES string of the molecule is O=C(NNc1ccccc1)c1cc(-c2ccccc2)ccc1Cl. The highest BCUT2D eigenvalue weighted by Crippen LogP contribution is 2.25. The summed E-state index contributed by atoms with van der Waals surface area (Å²) < 4.78 is 0. The Morgan fingerprint density at radius 1 is 0.783 bits per heavy atom. The molecule has 0 spiro atoms. The quantitative estimate of drug-likeness (QED) is 0.680. The van der Waals surface area contributed by atoms with Gasteiger partial charge < -0.3 is 0 Å². The highest BCUT2D eigenvalue weighted by molar-refractivity contribution is 6.34. The molecule has 0 heterocycles. The van der Waals surface area contributed by atoms with E-state index in [0.717, 1.165) is 16.8 Å². The molecule has 0 fully saturated rings. The summed E-state index contributed by atoms with van der Waals surface area (Å²) in [6.07, 6.45) is 0. The van der Waals surface area contributed by atoms with E-state index in [1.165, 1.54) is 0 Å². The summed E-state index contributed by atoms with van der Waals surface area (Å²) in [5.41, 5.74) is 8.74. The fourth-order valence-corrected chi connectivity index (χ4v) is 2.43. The Labute approximate surface area is 139 Å². The monoisotopic (exact) mass is 322 g/mol. The fourth-order valence-electron chi connectivity index (χ4n) is 2.23. The van der Waals surface area contributed by atoms with E-state index < -0.39 is 0 Å². The molecule has 2 N–H and O–H groups in total. The van der Waals surface area contributed by atoms with E-state index >= 15 is 0 Å². The molecule has 23 heavy (non-hydrogen) atoms. The minimum Gasteiger partial charge on any atom is -0.298 e. The number of hydrogen-bond acceptors (Lipinski definition) is 2. The van der Waals surface area contributed by atoms with Gasteiger partial charge in [-0.15, -0.1) is 0 Å². The maximum absolute atomic E-state index is 12.4. The molecule has 0 bridgehead atoms. The van der Waals surface area contributed by atoms with Crippen molar-refractivity contribution in [2.24, 2.45) is 0 Å². The number of benzene rings is 3. The number of rotatable bonds is 4. The molecule has 3 aromatic rings. The van der Waals surface area contributed by atoms with Gasteiger partial charge in [0, 0.05) is 0 Å². The van der Waals surface area contributed by atoms with Crippen molar-refractivity contribution in [2.45, 2.75) is 0 Å². The Morgan fingerprint density at radius 2 is 1.43 bits per heavy atom. The Morgan fingerprint density at radius 3 is 2.13 bits per heavy atom. The van der Waals surface area contributed by atoms with Crippen molar-refractivity contribution in [1.82, 2.24) is 5.43 Å². The zero-order valence-corrected chi connectivity index (χ0v) is 13.0. The highest BCUT2D eigenvalue weighted by Gasteiger charge is 2.11. The van der Waals surface area contributed by atoms with Gasteiger partial charge in [-0.3, -0.25) is 15.6 Å². The van der Waals surface area contributed by atoms with Gasteiger partial charge in [-0.25, -0.2) is 0 Å². The van der Waals surface area contributed by atoms with Gasteiger partial charge >= 0.3 is 0 Å². The number of hydrazine groups is 1. The largest absolute Gasteiger partial charge is 0.298 e. The van der Waals surface area contributed by atoms with Crippen molar-refractivity contribution >= 4 is 23.2 Å². The Hall–Kier alpha value is -2.78. The van der Waals surface area contributed by atoms with Crippen LogP contribution in [0.2, 0.25) is 5.02 Å². The van der Waals surface area contributed by atoms with E-state index in [2.05, 4.69) is 10.9 Å². The zero-order chi connectivity index (χ0) is 16.1. The Bertz CT molecular complexity index is 804. The molecule has 0 aliphatic rings. The molecule has 3 nitrogen and oxygen atoms in total. The van der Waals surface area contributed by atoms with Gasteiger partial charge in [0.05, 0.1) is 16.3 Å². The van der Waals surface area contributed by atoms with E-state index in [-0.39, 0.29) is 5.91 Å². The van der Waals surface area contributed by atoms with Crippen LogP contribution >= 0.6 is 11.6 Å². The topological polar surface area (TPSA) is 41.1 Å². The molecule has 3 rings (SSSR count). The smallest absolute Gasteiger partial charge is 0.271 e. The van der Waals surface area contributed by atoms with Crippen molar-refractivity contribution in [1.29, 1.82) is 0 Å². The summed E-state index contributed by atoms with van der Waals surface area (Å²) in [7, 11) is 0. The van der Waals surface area contributed by atoms with Crippen LogP contribution in [0.15, 0.2) is 78.9 Å². The second-order valence-electron chi connectivity index (χ2n) is 5.01. The van der Waals surface area contributed by atoms with Crippen LogP contribution < -0.4 is 10.9 Å². The molecular formula is C19H15ClN2O. The number of hydrogen-bond donors (Lipinski definition) is 2. The minimum atomic E-state index is -0.281. The lowest BCUT2D eigenvalue weighted by Gasteiger charge is -2.11. The molecule has 1 amide bonds. The lowest BCUT2D eigenvalue weighted by Crippen LogP contribution is -2.29. The fraction of sp³-hybridized carbons (Fsp3) is 0. The Kier molecular flexibility index (Phi) is 4.60. The third-order valence-corrected chi connectivity index (χ3v) is 3.74. The standard InChI is InChI=1S/C19H15ClN2O/c20-18-12-11-15(14-7-3-1-4-8-14)13-17(18)19(23)22-21-16-9-5-2-6-10-16/h1-13,21H,(H,22,23). The summed E-state index contributed by atoms with van der Waals surface area (Å²) >= 11 is 6.17. The molecule has 0 radical (unpaired) electrons. The molecule has 0 aliphatic carbocycles. The van der Waals surface area contributed by atoms with E-state index in [1.54, 1.807) is 12.1 Å². The van der Waals surface area contributed by atoms with Crippen molar-refractivity contribution in [3.8, 4) is 11.1 Å². The third kappa shape index (κ3) is 3.71. The molecule has 0 aromatic heterocycles. The minimum absolute atomic E-state index is 0.281. The molecule has 0 saturated heterocycles. The van der Waals surface area contributed by atoms with Crippen molar-refractivity contribution < 1.29 is 4.79 Å². The van der Waals surface area contributed by atoms with E-state index in [4.69, 9.17) is 11.6 Å². The lowest BCUT2D eigenvalue weighted by atomic mass is 10.0. The first-order valence-corrected chi connectivity index (χ1v) is 7.58. The summed E-state index contributed by atoms with van der Waals surface area (Å²) in [6.45, 7) is 0. The molecule has 0 atom stereocenters. The third-order valence-electron chi connectivity index (χ3n) is 3.41. The van der Waals surface area contributed by atoms with Crippen molar-refractivity contribution in [3.63, 3.8) is 0 Å². The molecule has 3 aromatic carbocycles. The lowest BCUT2D eigenvalue weighted by molar-refractivity contribution is 0.0963. The van der Waals surface area contributed by atoms with Gasteiger partial charge in [-0.2, -0.15) is 0 Å². The average Bonchev–Trinajstić information content (AvgIpc) is 2.62. The summed E-state index contributed by atoms with van der Waals surface area (Å²) in [6, 6.07) is 24.7. The predicted molar refractivity (Wildman–Crippen MR) is 94.4 cm³/mol. The summed E-state index contributed by atoms with van der Waals surface area (Å²) in [5, 5.41) is 0.414. The van der Waals surface area contributed by atoms with Crippen LogP contribution in [0.1, 0.15) is 10.4 Å². The van der Waals surface area contributed by atoms with E-state index in [1.807, 2.05) is 66.7 Å². The first-order valence-electron chi connectivity index (χ1n) is 7.20. The highest BCUT2D eigenvalue weighted by atomic mass is 35.5. The van der Waals surface area contributed by atoms with E-state index in [0.29, 0.717) is 10.6 Å². The van der Waals surface area contributed by atoms with Gasteiger partial charge in [-0.05, 0) is 35.4 Å². The number of carbonyl (C=O) groups excluding carboxylic acids is 1.